The number of ether oxygens (including phenoxy) is 1. The number of rotatable bonds is 7. The molecule has 102 valence electrons. The topological polar surface area (TPSA) is 46.5 Å². The molecule has 1 N–H and O–H groups in total. The fourth-order valence-electron chi connectivity index (χ4n) is 1.39. The van der Waals surface area contributed by atoms with Gasteiger partial charge in [0.25, 0.3) is 0 Å². The van der Waals surface area contributed by atoms with Crippen molar-refractivity contribution < 1.29 is 14.1 Å². The third-order valence-corrected chi connectivity index (χ3v) is 3.90. The Bertz CT molecular complexity index is 378. The fourth-order valence-corrected chi connectivity index (χ4v) is 2.73. The molecule has 0 radical (unpaired) electrons. The number of aliphatic hydroxyl groups excluding tert-OH is 1. The van der Waals surface area contributed by atoms with Gasteiger partial charge in [0.2, 0.25) is 0 Å². The summed E-state index contributed by atoms with van der Waals surface area (Å²) >= 11 is 5.77. The molecule has 0 saturated heterocycles. The lowest BCUT2D eigenvalue weighted by Crippen LogP contribution is -2.25. The Morgan fingerprint density at radius 1 is 1.33 bits per heavy atom. The first kappa shape index (κ1) is 15.6. The lowest BCUT2D eigenvalue weighted by molar-refractivity contribution is 0.0149. The molecule has 1 aromatic carbocycles. The van der Waals surface area contributed by atoms with Crippen molar-refractivity contribution in [3.05, 3.63) is 34.9 Å². The Hall–Kier alpha value is -0.420. The van der Waals surface area contributed by atoms with Gasteiger partial charge in [-0.1, -0.05) is 23.7 Å². The van der Waals surface area contributed by atoms with Gasteiger partial charge < -0.3 is 9.84 Å². The minimum atomic E-state index is -1.10. The summed E-state index contributed by atoms with van der Waals surface area (Å²) < 4.78 is 17.1. The SMILES string of the molecule is CC(C)OC[C@H](O)C[S@@](=O)Cc1ccc(Cl)cc1. The molecule has 0 spiro atoms. The van der Waals surface area contributed by atoms with Gasteiger partial charge in [-0.15, -0.1) is 0 Å². The summed E-state index contributed by atoms with van der Waals surface area (Å²) in [6.07, 6.45) is -0.607. The second-order valence-corrected chi connectivity index (χ2v) is 6.35. The van der Waals surface area contributed by atoms with Gasteiger partial charge in [0.15, 0.2) is 0 Å². The lowest BCUT2D eigenvalue weighted by atomic mass is 10.2. The minimum absolute atomic E-state index is 0.0735. The monoisotopic (exact) mass is 290 g/mol. The second-order valence-electron chi connectivity index (χ2n) is 4.41. The molecule has 0 amide bonds. The van der Waals surface area contributed by atoms with Crippen LogP contribution in [0.5, 0.6) is 0 Å². The molecule has 0 unspecified atom stereocenters. The summed E-state index contributed by atoms with van der Waals surface area (Å²) in [4.78, 5) is 0. The average Bonchev–Trinajstić information content (AvgIpc) is 2.29. The average molecular weight is 291 g/mol. The largest absolute Gasteiger partial charge is 0.390 e. The first-order valence-electron chi connectivity index (χ1n) is 5.86. The van der Waals surface area contributed by atoms with Gasteiger partial charge in [0, 0.05) is 21.6 Å². The minimum Gasteiger partial charge on any atom is -0.390 e. The first-order valence-corrected chi connectivity index (χ1v) is 7.73. The molecule has 0 aromatic heterocycles. The van der Waals surface area contributed by atoms with Crippen LogP contribution >= 0.6 is 11.6 Å². The quantitative estimate of drug-likeness (QED) is 0.839. The zero-order chi connectivity index (χ0) is 13.5. The Kier molecular flexibility index (Phi) is 6.86. The molecule has 0 fully saturated rings. The summed E-state index contributed by atoms with van der Waals surface area (Å²) in [5.41, 5.74) is 0.953. The summed E-state index contributed by atoms with van der Waals surface area (Å²) in [6.45, 7) is 4.03. The number of halogens is 1. The van der Waals surface area contributed by atoms with Crippen molar-refractivity contribution in [3.8, 4) is 0 Å². The number of benzene rings is 1. The zero-order valence-corrected chi connectivity index (χ0v) is 12.2. The van der Waals surface area contributed by atoms with Crippen LogP contribution in [0.1, 0.15) is 19.4 Å². The number of hydrogen-bond donors (Lipinski definition) is 1. The van der Waals surface area contributed by atoms with E-state index in [1.807, 2.05) is 26.0 Å². The van der Waals surface area contributed by atoms with Gasteiger partial charge in [0.05, 0.1) is 24.6 Å². The molecule has 0 saturated carbocycles. The van der Waals surface area contributed by atoms with E-state index in [1.54, 1.807) is 12.1 Å². The maximum Gasteiger partial charge on any atom is 0.0888 e. The van der Waals surface area contributed by atoms with E-state index < -0.39 is 16.9 Å². The number of hydrogen-bond acceptors (Lipinski definition) is 3. The molecule has 0 aliphatic heterocycles. The number of aliphatic hydroxyl groups is 1. The third kappa shape index (κ3) is 6.50. The summed E-state index contributed by atoms with van der Waals surface area (Å²) in [6, 6.07) is 7.23. The standard InChI is InChI=1S/C13H19ClO3S/c1-10(2)17-7-13(15)9-18(16)8-11-3-5-12(14)6-4-11/h3-6,10,13,15H,7-9H2,1-2H3/t13-,18-/m0/s1. The van der Waals surface area contributed by atoms with E-state index >= 15 is 0 Å². The molecule has 5 heteroatoms. The van der Waals surface area contributed by atoms with Crippen molar-refractivity contribution in [2.45, 2.75) is 31.8 Å². The highest BCUT2D eigenvalue weighted by Gasteiger charge is 2.11. The van der Waals surface area contributed by atoms with Crippen molar-refractivity contribution in [2.24, 2.45) is 0 Å². The zero-order valence-electron chi connectivity index (χ0n) is 10.6. The molecule has 18 heavy (non-hydrogen) atoms. The van der Waals surface area contributed by atoms with Crippen LogP contribution in [0.4, 0.5) is 0 Å². The van der Waals surface area contributed by atoms with Gasteiger partial charge in [0.1, 0.15) is 0 Å². The van der Waals surface area contributed by atoms with Crippen molar-refractivity contribution in [1.29, 1.82) is 0 Å². The van der Waals surface area contributed by atoms with Gasteiger partial charge in [-0.05, 0) is 31.5 Å². The Labute approximate surface area is 116 Å². The van der Waals surface area contributed by atoms with E-state index in [0.29, 0.717) is 10.8 Å². The summed E-state index contributed by atoms with van der Waals surface area (Å²) in [5, 5.41) is 10.3. The molecule has 0 bridgehead atoms. The predicted octanol–water partition coefficient (Wildman–Crippen LogP) is 2.37. The maximum absolute atomic E-state index is 11.8. The van der Waals surface area contributed by atoms with Crippen molar-refractivity contribution in [1.82, 2.24) is 0 Å². The lowest BCUT2D eigenvalue weighted by Gasteiger charge is -2.13. The van der Waals surface area contributed by atoms with Crippen LogP contribution in [-0.4, -0.2) is 33.9 Å². The van der Waals surface area contributed by atoms with Crippen molar-refractivity contribution in [3.63, 3.8) is 0 Å². The highest BCUT2D eigenvalue weighted by Crippen LogP contribution is 2.11. The van der Waals surface area contributed by atoms with Gasteiger partial charge in [-0.3, -0.25) is 4.21 Å². The van der Waals surface area contributed by atoms with Crippen LogP contribution in [0.25, 0.3) is 0 Å². The second kappa shape index (κ2) is 7.89. The van der Waals surface area contributed by atoms with Crippen LogP contribution in [0.15, 0.2) is 24.3 Å². The van der Waals surface area contributed by atoms with E-state index in [-0.39, 0.29) is 18.5 Å². The molecular weight excluding hydrogens is 272 g/mol. The Balaban J connectivity index is 2.34. The van der Waals surface area contributed by atoms with E-state index in [2.05, 4.69) is 0 Å². The van der Waals surface area contributed by atoms with Gasteiger partial charge in [-0.25, -0.2) is 0 Å². The van der Waals surface area contributed by atoms with E-state index in [4.69, 9.17) is 16.3 Å². The van der Waals surface area contributed by atoms with Crippen LogP contribution in [-0.2, 0) is 21.3 Å². The Morgan fingerprint density at radius 3 is 2.50 bits per heavy atom. The smallest absolute Gasteiger partial charge is 0.0888 e. The summed E-state index contributed by atoms with van der Waals surface area (Å²) in [5.74, 6) is 0.658. The first-order chi connectivity index (χ1) is 8.47. The molecule has 0 aliphatic carbocycles. The molecule has 0 heterocycles. The third-order valence-electron chi connectivity index (χ3n) is 2.24. The normalized spacial score (nSPS) is 14.7. The van der Waals surface area contributed by atoms with Crippen LogP contribution in [0.3, 0.4) is 0 Å². The molecule has 1 rings (SSSR count). The molecule has 2 atom stereocenters. The van der Waals surface area contributed by atoms with E-state index in [0.717, 1.165) is 5.56 Å². The van der Waals surface area contributed by atoms with Crippen LogP contribution in [0.2, 0.25) is 5.02 Å². The van der Waals surface area contributed by atoms with Crippen molar-refractivity contribution >= 4 is 22.4 Å². The Morgan fingerprint density at radius 2 is 1.94 bits per heavy atom. The predicted molar refractivity (Wildman–Crippen MR) is 75.3 cm³/mol. The van der Waals surface area contributed by atoms with Gasteiger partial charge >= 0.3 is 0 Å². The molecule has 3 nitrogen and oxygen atoms in total. The van der Waals surface area contributed by atoms with E-state index in [1.165, 1.54) is 0 Å². The van der Waals surface area contributed by atoms with E-state index in [9.17, 15) is 9.32 Å². The molecule has 1 aromatic rings. The van der Waals surface area contributed by atoms with Crippen LogP contribution in [0, 0.1) is 0 Å². The summed E-state index contributed by atoms with van der Waals surface area (Å²) in [7, 11) is -1.10. The van der Waals surface area contributed by atoms with Crippen LogP contribution < -0.4 is 0 Å². The molecule has 0 aliphatic rings. The highest BCUT2D eigenvalue weighted by atomic mass is 35.5. The van der Waals surface area contributed by atoms with Crippen molar-refractivity contribution in [2.75, 3.05) is 12.4 Å². The maximum atomic E-state index is 11.8. The van der Waals surface area contributed by atoms with Gasteiger partial charge in [-0.2, -0.15) is 0 Å². The highest BCUT2D eigenvalue weighted by molar-refractivity contribution is 7.84. The molecular formula is C13H19ClO3S. The fraction of sp³-hybridized carbons (Fsp3) is 0.538.